The lowest BCUT2D eigenvalue weighted by Gasteiger charge is -2.05. The van der Waals surface area contributed by atoms with Gasteiger partial charge in [0.25, 0.3) is 0 Å². The van der Waals surface area contributed by atoms with Crippen molar-refractivity contribution in [2.24, 2.45) is 0 Å². The molecule has 0 bridgehead atoms. The molecule has 2 rings (SSSR count). The third-order valence-corrected chi connectivity index (χ3v) is 2.59. The molecule has 0 aliphatic carbocycles. The van der Waals surface area contributed by atoms with Crippen LogP contribution in [0.5, 0.6) is 0 Å². The molecule has 2 aromatic carbocycles. The van der Waals surface area contributed by atoms with E-state index < -0.39 is 0 Å². The summed E-state index contributed by atoms with van der Waals surface area (Å²) >= 11 is 0. The molecule has 0 aromatic heterocycles. The highest BCUT2D eigenvalue weighted by Gasteiger charge is 1.99. The molecule has 2 aromatic rings. The summed E-state index contributed by atoms with van der Waals surface area (Å²) in [6.45, 7) is 1.81. The van der Waals surface area contributed by atoms with E-state index in [0.29, 0.717) is 6.61 Å². The van der Waals surface area contributed by atoms with E-state index in [2.05, 4.69) is 29.0 Å². The van der Waals surface area contributed by atoms with Crippen LogP contribution < -0.4 is 0 Å². The molecule has 1 radical (unpaired) electrons. The summed E-state index contributed by atoms with van der Waals surface area (Å²) in [5.41, 5.74) is 3.53. The maximum atomic E-state index is 9.94. The van der Waals surface area contributed by atoms with Gasteiger partial charge >= 0.3 is 6.47 Å². The molecule has 0 aliphatic rings. The second kappa shape index (κ2) is 5.85. The van der Waals surface area contributed by atoms with Crippen molar-refractivity contribution in [2.75, 3.05) is 6.61 Å². The Morgan fingerprint density at radius 2 is 1.71 bits per heavy atom. The van der Waals surface area contributed by atoms with E-state index in [0.717, 1.165) is 12.0 Å². The summed E-state index contributed by atoms with van der Waals surface area (Å²) in [7, 11) is 0. The molecule has 17 heavy (non-hydrogen) atoms. The first-order valence-electron chi connectivity index (χ1n) is 5.53. The van der Waals surface area contributed by atoms with Crippen molar-refractivity contribution < 1.29 is 9.53 Å². The van der Waals surface area contributed by atoms with Gasteiger partial charge in [-0.2, -0.15) is 0 Å². The van der Waals surface area contributed by atoms with Gasteiger partial charge in [0.1, 0.15) is 0 Å². The van der Waals surface area contributed by atoms with Crippen molar-refractivity contribution in [3.8, 4) is 11.1 Å². The van der Waals surface area contributed by atoms with Gasteiger partial charge in [-0.15, -0.1) is 0 Å². The van der Waals surface area contributed by atoms with Crippen molar-refractivity contribution in [1.29, 1.82) is 0 Å². The summed E-state index contributed by atoms with van der Waals surface area (Å²) in [4.78, 5) is 9.94. The molecule has 2 nitrogen and oxygen atoms in total. The van der Waals surface area contributed by atoms with Crippen LogP contribution in [-0.4, -0.2) is 13.1 Å². The molecule has 0 atom stereocenters. The Morgan fingerprint density at radius 3 is 2.47 bits per heavy atom. The lowest BCUT2D eigenvalue weighted by atomic mass is 10.0. The van der Waals surface area contributed by atoms with Crippen molar-refractivity contribution in [2.45, 2.75) is 6.42 Å². The predicted molar refractivity (Wildman–Crippen MR) is 67.2 cm³/mol. The van der Waals surface area contributed by atoms with E-state index in [9.17, 15) is 4.79 Å². The van der Waals surface area contributed by atoms with Crippen LogP contribution in [0.4, 0.5) is 0 Å². The third-order valence-electron chi connectivity index (χ3n) is 2.59. The van der Waals surface area contributed by atoms with Gasteiger partial charge in [-0.3, -0.25) is 0 Å². The van der Waals surface area contributed by atoms with E-state index in [-0.39, 0.29) is 0 Å². The normalized spacial score (nSPS) is 9.88. The van der Waals surface area contributed by atoms with Gasteiger partial charge in [0.05, 0.1) is 6.61 Å². The molecule has 0 fully saturated rings. The largest absolute Gasteiger partial charge is 0.457 e. The van der Waals surface area contributed by atoms with E-state index in [1.165, 1.54) is 17.6 Å². The van der Waals surface area contributed by atoms with Crippen molar-refractivity contribution in [1.82, 2.24) is 0 Å². The fourth-order valence-corrected chi connectivity index (χ4v) is 1.75. The van der Waals surface area contributed by atoms with Crippen LogP contribution in [0, 0.1) is 0 Å². The third kappa shape index (κ3) is 3.18. The van der Waals surface area contributed by atoms with Gasteiger partial charge in [-0.05, 0) is 16.7 Å². The molecule has 0 amide bonds. The van der Waals surface area contributed by atoms with Crippen molar-refractivity contribution in [3.05, 3.63) is 60.2 Å². The quantitative estimate of drug-likeness (QED) is 0.731. The number of carbonyl (C=O) groups excluding carboxylic acids is 1. The Morgan fingerprint density at radius 1 is 0.941 bits per heavy atom. The van der Waals surface area contributed by atoms with E-state index in [4.69, 9.17) is 0 Å². The first kappa shape index (κ1) is 11.4. The van der Waals surface area contributed by atoms with Crippen molar-refractivity contribution >= 4 is 6.47 Å². The SMILES string of the molecule is O=[C]OCCc1cccc(-c2ccccc2)c1. The second-order valence-electron chi connectivity index (χ2n) is 3.75. The molecule has 0 saturated heterocycles. The Balaban J connectivity index is 2.14. The summed E-state index contributed by atoms with van der Waals surface area (Å²) in [6.07, 6.45) is 0.718. The van der Waals surface area contributed by atoms with Crippen LogP contribution in [0.15, 0.2) is 54.6 Å². The Bertz CT molecular complexity index is 477. The summed E-state index contributed by atoms with van der Waals surface area (Å²) < 4.78 is 4.58. The second-order valence-corrected chi connectivity index (χ2v) is 3.75. The average Bonchev–Trinajstić information content (AvgIpc) is 2.41. The summed E-state index contributed by atoms with van der Waals surface area (Å²) in [5, 5.41) is 0. The zero-order chi connectivity index (χ0) is 11.9. The summed E-state index contributed by atoms with van der Waals surface area (Å²) in [5.74, 6) is 0. The minimum Gasteiger partial charge on any atom is -0.457 e. The number of hydrogen-bond acceptors (Lipinski definition) is 2. The van der Waals surface area contributed by atoms with Gasteiger partial charge in [-0.25, -0.2) is 4.79 Å². The van der Waals surface area contributed by atoms with Crippen LogP contribution in [0.25, 0.3) is 11.1 Å². The molecule has 0 saturated carbocycles. The van der Waals surface area contributed by atoms with Gasteiger partial charge in [0, 0.05) is 6.42 Å². The Kier molecular flexibility index (Phi) is 3.92. The number of hydrogen-bond donors (Lipinski definition) is 0. The zero-order valence-electron chi connectivity index (χ0n) is 9.43. The minimum atomic E-state index is 0.377. The average molecular weight is 225 g/mol. The maximum Gasteiger partial charge on any atom is 0.417 e. The van der Waals surface area contributed by atoms with E-state index in [1.807, 2.05) is 30.3 Å². The van der Waals surface area contributed by atoms with Crippen LogP contribution in [0.1, 0.15) is 5.56 Å². The zero-order valence-corrected chi connectivity index (χ0v) is 9.43. The lowest BCUT2D eigenvalue weighted by Crippen LogP contribution is -1.96. The molecule has 0 heterocycles. The monoisotopic (exact) mass is 225 g/mol. The molecule has 85 valence electrons. The fourth-order valence-electron chi connectivity index (χ4n) is 1.75. The van der Waals surface area contributed by atoms with E-state index in [1.54, 1.807) is 0 Å². The van der Waals surface area contributed by atoms with Crippen LogP contribution in [0.3, 0.4) is 0 Å². The molecule has 2 heteroatoms. The van der Waals surface area contributed by atoms with Crippen LogP contribution in [-0.2, 0) is 16.0 Å². The molecular weight excluding hydrogens is 212 g/mol. The Hall–Kier alpha value is -2.09. The van der Waals surface area contributed by atoms with Gasteiger partial charge < -0.3 is 4.74 Å². The smallest absolute Gasteiger partial charge is 0.417 e. The number of benzene rings is 2. The molecule has 0 spiro atoms. The standard InChI is InChI=1S/C15H13O2/c16-12-17-10-9-13-5-4-8-15(11-13)14-6-2-1-3-7-14/h1-8,11H,9-10H2. The lowest BCUT2D eigenvalue weighted by molar-refractivity contribution is 0.282. The number of ether oxygens (including phenoxy) is 1. The molecule has 0 aliphatic heterocycles. The highest BCUT2D eigenvalue weighted by Crippen LogP contribution is 2.20. The van der Waals surface area contributed by atoms with Gasteiger partial charge in [0.15, 0.2) is 0 Å². The van der Waals surface area contributed by atoms with Crippen LogP contribution >= 0.6 is 0 Å². The molecular formula is C15H13O2. The highest BCUT2D eigenvalue weighted by atomic mass is 16.5. The van der Waals surface area contributed by atoms with Crippen molar-refractivity contribution in [3.63, 3.8) is 0 Å². The topological polar surface area (TPSA) is 26.3 Å². The van der Waals surface area contributed by atoms with Gasteiger partial charge in [-0.1, -0.05) is 54.6 Å². The molecule has 0 N–H and O–H groups in total. The first-order chi connectivity index (χ1) is 8.40. The maximum absolute atomic E-state index is 9.94. The van der Waals surface area contributed by atoms with Crippen LogP contribution in [0.2, 0.25) is 0 Å². The summed E-state index contributed by atoms with van der Waals surface area (Å²) in [6, 6.07) is 18.4. The Labute approximate surface area is 101 Å². The molecule has 0 unspecified atom stereocenters. The predicted octanol–water partition coefficient (Wildman–Crippen LogP) is 2.98. The highest BCUT2D eigenvalue weighted by molar-refractivity contribution is 5.63. The fraction of sp³-hybridized carbons (Fsp3) is 0.133. The minimum absolute atomic E-state index is 0.377. The van der Waals surface area contributed by atoms with E-state index >= 15 is 0 Å². The van der Waals surface area contributed by atoms with Gasteiger partial charge in [0.2, 0.25) is 0 Å². The number of rotatable bonds is 5. The first-order valence-corrected chi connectivity index (χ1v) is 5.53.